The molecule has 0 spiro atoms. The summed E-state index contributed by atoms with van der Waals surface area (Å²) in [5.74, 6) is 0. The lowest BCUT2D eigenvalue weighted by molar-refractivity contribution is 0.589. The molecule has 0 fully saturated rings. The topological polar surface area (TPSA) is 16.3 Å². The van der Waals surface area contributed by atoms with E-state index < -0.39 is 189 Å². The number of hydrogen-bond donors (Lipinski definition) is 0. The summed E-state index contributed by atoms with van der Waals surface area (Å²) < 4.78 is 226. The van der Waals surface area contributed by atoms with E-state index in [9.17, 15) is 30.2 Å². The fraction of sp³-hybridized carbons (Fsp3) is 0.264. The van der Waals surface area contributed by atoms with Crippen LogP contribution in [0.5, 0.6) is 0 Å². The number of para-hydroxylation sites is 4. The summed E-state index contributed by atoms with van der Waals surface area (Å²) in [6.45, 7) is 42.8. The lowest BCUT2D eigenvalue weighted by Crippen LogP contribution is -2.61. The zero-order valence-electron chi connectivity index (χ0n) is 89.6. The Hall–Kier alpha value is -10.9. The Morgan fingerprint density at radius 1 is 0.252 bits per heavy atom. The number of hydrogen-bond acceptors (Lipinski definition) is 2. The van der Waals surface area contributed by atoms with E-state index in [1.54, 1.807) is 0 Å². The van der Waals surface area contributed by atoms with Gasteiger partial charge in [-0.05, 0) is 200 Å². The minimum atomic E-state index is -1.67. The van der Waals surface area contributed by atoms with E-state index in [0.29, 0.717) is 78.3 Å². The average Bonchev–Trinajstić information content (AvgIpc) is 1.22. The van der Waals surface area contributed by atoms with Gasteiger partial charge in [-0.3, -0.25) is 0 Å². The van der Waals surface area contributed by atoms with Crippen molar-refractivity contribution in [2.75, 3.05) is 9.80 Å². The third-order valence-corrected chi connectivity index (χ3v) is 22.6. The summed E-state index contributed by atoms with van der Waals surface area (Å²) in [7, 11) is 0. The molecule has 0 unspecified atom stereocenters. The molecule has 0 bridgehead atoms. The standard InChI is InChI=1S/C106H107BN4/c1-100(2,3)70-46-38-66(39-47-70)83-58-74(104(13,14)15)59-84(67-40-48-71(49-41-67)101(4,5)6)98(83)110-93-64-77(108-89-34-26-22-30-79(89)80-31-23-27-35-90(80)108)54-56-87(93)107-88-57-55-78(109-91-36-28-24-32-81(91)82-33-25-29-37-92(82)109)65-94(88)111(96-63-76(106(19,20)21)62-95(110)97(96)107)99-85(68-42-50-72(51-43-68)102(7,8)9)60-75(105(16,17)18)61-86(99)69-44-52-73(53-45-69)103(10,11)12/h22-65H,1-21H3/i22D,23D,24D,25D,26D,27D,28D,29D,30D,31D,32D,33D,34D,35D,36D,37D,54D,55D,56D,57D,64D,65D. The largest absolute Gasteiger partial charge is 0.310 e. The first-order valence-electron chi connectivity index (χ1n) is 49.5. The van der Waals surface area contributed by atoms with E-state index in [2.05, 4.69) is 267 Å². The van der Waals surface area contributed by atoms with Crippen LogP contribution in [0, 0.1) is 0 Å². The quantitative estimate of drug-likeness (QED) is 0.141. The predicted octanol–water partition coefficient (Wildman–Crippen LogP) is 27.7. The maximum Gasteiger partial charge on any atom is 0.252 e. The van der Waals surface area contributed by atoms with Crippen LogP contribution in [-0.4, -0.2) is 15.8 Å². The molecule has 0 radical (unpaired) electrons. The summed E-state index contributed by atoms with van der Waals surface area (Å²) in [6, 6.07) is 30.1. The van der Waals surface area contributed by atoms with Gasteiger partial charge in [0.15, 0.2) is 0 Å². The second kappa shape index (κ2) is 25.9. The highest BCUT2D eigenvalue weighted by Gasteiger charge is 2.47. The molecule has 15 aromatic rings. The predicted molar refractivity (Wildman–Crippen MR) is 482 cm³/mol. The van der Waals surface area contributed by atoms with Crippen LogP contribution in [-0.2, 0) is 37.9 Å². The smallest absolute Gasteiger partial charge is 0.252 e. The van der Waals surface area contributed by atoms with Crippen molar-refractivity contribution in [1.29, 1.82) is 0 Å². The van der Waals surface area contributed by atoms with Gasteiger partial charge in [-0.15, -0.1) is 0 Å². The van der Waals surface area contributed by atoms with E-state index in [0.717, 1.165) is 42.5 Å². The summed E-state index contributed by atoms with van der Waals surface area (Å²) >= 11 is 0. The molecule has 5 heteroatoms. The minimum Gasteiger partial charge on any atom is -0.310 e. The van der Waals surface area contributed by atoms with E-state index in [1.807, 2.05) is 21.9 Å². The van der Waals surface area contributed by atoms with Gasteiger partial charge < -0.3 is 18.9 Å². The van der Waals surface area contributed by atoms with Crippen molar-refractivity contribution < 1.29 is 30.2 Å². The van der Waals surface area contributed by atoms with Gasteiger partial charge in [0.1, 0.15) is 0 Å². The highest BCUT2D eigenvalue weighted by molar-refractivity contribution is 7.00. The van der Waals surface area contributed by atoms with Crippen molar-refractivity contribution in [3.63, 3.8) is 0 Å². The van der Waals surface area contributed by atoms with Crippen LogP contribution < -0.4 is 26.2 Å². The van der Waals surface area contributed by atoms with E-state index in [1.165, 1.54) is 0 Å². The number of benzene rings is 13. The molecule has 2 aliphatic rings. The Morgan fingerprint density at radius 3 is 0.730 bits per heavy atom. The monoisotopic (exact) mass is 1470 g/mol. The summed E-state index contributed by atoms with van der Waals surface area (Å²) in [5.41, 5.74) is 6.50. The third kappa shape index (κ3) is 12.5. The van der Waals surface area contributed by atoms with Crippen LogP contribution in [0.15, 0.2) is 266 Å². The van der Waals surface area contributed by atoms with Crippen molar-refractivity contribution in [3.05, 3.63) is 305 Å². The van der Waals surface area contributed by atoms with Gasteiger partial charge in [-0.1, -0.05) is 327 Å². The molecule has 4 nitrogen and oxygen atoms in total. The second-order valence-electron chi connectivity index (χ2n) is 37.5. The number of fused-ring (bicyclic) bond motifs is 10. The van der Waals surface area contributed by atoms with Gasteiger partial charge in [0.25, 0.3) is 6.71 Å². The van der Waals surface area contributed by atoms with Crippen molar-refractivity contribution >= 4 is 101 Å². The SMILES string of the molecule is [2H]c1c([2H])c(-n2c3c([2H])c([2H])c([2H])c([2H])c3c3c([2H])c([2H])c([2H])c([2H])c32)c([2H])c2c1B1c3c(cc(C(C)(C)C)cc3N(c3c(-c4ccc(C(C)(C)C)cc4)cc(C(C)(C)C)cc3-c3ccc(C(C)(C)C)cc3)c3c([2H])c(-n4c5c([2H])c([2H])c([2H])c([2H])c5c5c([2H])c([2H])c([2H])c([2H])c54)c([2H])c([2H])c31)N2c1c(-c2ccc(C(C)(C)C)cc2)cc(C(C)(C)C)cc1-c1ccc(C(C)(C)C)cc1. The fourth-order valence-corrected chi connectivity index (χ4v) is 16.0. The van der Waals surface area contributed by atoms with Gasteiger partial charge in [0.2, 0.25) is 0 Å². The van der Waals surface area contributed by atoms with Gasteiger partial charge in [-0.25, -0.2) is 0 Å². The van der Waals surface area contributed by atoms with Crippen molar-refractivity contribution in [2.24, 2.45) is 0 Å². The molecule has 17 rings (SSSR count). The Labute approximate surface area is 691 Å². The molecule has 2 aromatic heterocycles. The van der Waals surface area contributed by atoms with Crippen LogP contribution >= 0.6 is 0 Å². The van der Waals surface area contributed by atoms with E-state index in [-0.39, 0.29) is 65.5 Å². The van der Waals surface area contributed by atoms with Crippen molar-refractivity contribution in [3.8, 4) is 55.9 Å². The molecule has 0 saturated carbocycles. The summed E-state index contributed by atoms with van der Waals surface area (Å²) in [6.07, 6.45) is 0. The Kier molecular flexibility index (Phi) is 12.0. The molecule has 0 atom stereocenters. The maximum absolute atomic E-state index is 12.0. The second-order valence-corrected chi connectivity index (χ2v) is 37.5. The molecular formula is C106H107BN4. The molecule has 554 valence electrons. The number of nitrogens with zero attached hydrogens (tertiary/aromatic N) is 4. The number of anilines is 6. The molecule has 111 heavy (non-hydrogen) atoms. The van der Waals surface area contributed by atoms with Gasteiger partial charge in [-0.2, -0.15) is 0 Å². The van der Waals surface area contributed by atoms with Crippen LogP contribution in [0.3, 0.4) is 0 Å². The van der Waals surface area contributed by atoms with Crippen molar-refractivity contribution in [2.45, 2.75) is 183 Å². The third-order valence-electron chi connectivity index (χ3n) is 22.6. The highest BCUT2D eigenvalue weighted by atomic mass is 15.2. The number of aromatic nitrogens is 2. The number of rotatable bonds is 8. The first-order chi connectivity index (χ1) is 61.7. The van der Waals surface area contributed by atoms with Crippen LogP contribution in [0.1, 0.15) is 214 Å². The van der Waals surface area contributed by atoms with Crippen LogP contribution in [0.2, 0.25) is 0 Å². The molecule has 0 saturated heterocycles. The lowest BCUT2D eigenvalue weighted by Gasteiger charge is -2.47. The lowest BCUT2D eigenvalue weighted by atomic mass is 9.33. The minimum absolute atomic E-state index is 0.149. The van der Waals surface area contributed by atoms with Gasteiger partial charge in [0, 0.05) is 77.9 Å². The zero-order chi connectivity index (χ0) is 97.3. The first kappa shape index (κ1) is 51.6. The molecule has 0 amide bonds. The highest BCUT2D eigenvalue weighted by Crippen LogP contribution is 2.56. The Bertz CT molecular complexity index is 6840. The van der Waals surface area contributed by atoms with Gasteiger partial charge >= 0.3 is 0 Å². The van der Waals surface area contributed by atoms with E-state index >= 15 is 0 Å². The summed E-state index contributed by atoms with van der Waals surface area (Å²) in [4.78, 5) is 3.89. The maximum atomic E-state index is 12.0. The molecule has 4 heterocycles. The molecule has 0 N–H and O–H groups in total. The molecular weight excluding hydrogens is 1340 g/mol. The van der Waals surface area contributed by atoms with E-state index in [4.69, 9.17) is 0 Å². The van der Waals surface area contributed by atoms with Gasteiger partial charge in [0.05, 0.1) is 63.6 Å². The summed E-state index contributed by atoms with van der Waals surface area (Å²) in [5, 5.41) is -1.40. The van der Waals surface area contributed by atoms with Crippen LogP contribution in [0.25, 0.3) is 99.5 Å². The Balaban J connectivity index is 1.19. The van der Waals surface area contributed by atoms with Crippen molar-refractivity contribution in [1.82, 2.24) is 9.13 Å². The molecule has 2 aliphatic heterocycles. The first-order valence-corrected chi connectivity index (χ1v) is 38.5. The Morgan fingerprint density at radius 2 is 0.486 bits per heavy atom. The zero-order valence-corrected chi connectivity index (χ0v) is 67.6. The molecule has 13 aromatic carbocycles. The van der Waals surface area contributed by atoms with Crippen LogP contribution in [0.4, 0.5) is 34.1 Å². The fourth-order valence-electron chi connectivity index (χ4n) is 16.0. The normalized spacial score (nSPS) is 16.4. The average molecular weight is 1470 g/mol. The molecule has 0 aliphatic carbocycles.